The van der Waals surface area contributed by atoms with Crippen LogP contribution in [0.1, 0.15) is 74.9 Å². The summed E-state index contributed by atoms with van der Waals surface area (Å²) in [5.74, 6) is 0. The van der Waals surface area contributed by atoms with Crippen molar-refractivity contribution in [1.29, 1.82) is 0 Å². The summed E-state index contributed by atoms with van der Waals surface area (Å²) < 4.78 is 0. The lowest BCUT2D eigenvalue weighted by Crippen LogP contribution is -2.26. The van der Waals surface area contributed by atoms with E-state index in [9.17, 15) is 0 Å². The van der Waals surface area contributed by atoms with Crippen molar-refractivity contribution in [3.8, 4) is 44.5 Å². The van der Waals surface area contributed by atoms with Crippen molar-refractivity contribution in [2.45, 2.75) is 57.8 Å². The quantitative estimate of drug-likeness (QED) is 0.152. The molecule has 2 aliphatic carbocycles. The van der Waals surface area contributed by atoms with Gasteiger partial charge in [-0.25, -0.2) is 0 Å². The first-order valence-electron chi connectivity index (χ1n) is 24.8. The van der Waals surface area contributed by atoms with Gasteiger partial charge in [0.15, 0.2) is 0 Å². The minimum absolute atomic E-state index is 0.0239. The van der Waals surface area contributed by atoms with Gasteiger partial charge < -0.3 is 0 Å². The van der Waals surface area contributed by atoms with Crippen molar-refractivity contribution in [2.24, 2.45) is 0 Å². The molecule has 0 radical (unpaired) electrons. The number of fused-ring (bicyclic) bond motifs is 12. The van der Waals surface area contributed by atoms with Crippen molar-refractivity contribution in [3.63, 3.8) is 0 Å². The molecule has 0 aliphatic heterocycles. The molecule has 0 heteroatoms. The lowest BCUT2D eigenvalue weighted by atomic mass is 9.69. The van der Waals surface area contributed by atoms with E-state index in [1.54, 1.807) is 0 Å². The van der Waals surface area contributed by atoms with Gasteiger partial charge in [-0.2, -0.15) is 0 Å². The highest BCUT2D eigenvalue weighted by Gasteiger charge is 2.52. The molecule has 0 fully saturated rings. The average Bonchev–Trinajstić information content (AvgIpc) is 3.83. The second kappa shape index (κ2) is 13.2. The standard InChI is InChI=1S/C69H50/c1-67(2,3)57-35-26-41-20-32-52-46(27-18-40-21-34-56(57)64(41)62(40)52)42-22-29-48-43(36-42)24-33-54-51-30-23-44(37-61(51)69(66(48)54)58-16-9-7-13-49(58)50-14-8-10-17-59(50)69)47-28-25-45-38-60(68(4,5)6)55-15-11-12-39-19-31-53(47)65(45)63(39)55/h7-38H,1-6H3. The van der Waals surface area contributed by atoms with E-state index in [-0.39, 0.29) is 10.8 Å². The number of benzene rings is 13. The molecule has 15 rings (SSSR count). The molecule has 0 saturated heterocycles. The molecule has 326 valence electrons. The lowest BCUT2D eigenvalue weighted by Gasteiger charge is -2.32. The third-order valence-electron chi connectivity index (χ3n) is 16.6. The molecule has 0 bridgehead atoms. The summed E-state index contributed by atoms with van der Waals surface area (Å²) in [7, 11) is 0. The third-order valence-corrected chi connectivity index (χ3v) is 16.6. The second-order valence-electron chi connectivity index (χ2n) is 22.3. The lowest BCUT2D eigenvalue weighted by molar-refractivity contribution is 0.596. The van der Waals surface area contributed by atoms with Crippen LogP contribution in [-0.2, 0) is 16.2 Å². The van der Waals surface area contributed by atoms with Gasteiger partial charge in [0.25, 0.3) is 0 Å². The zero-order valence-electron chi connectivity index (χ0n) is 40.0. The summed E-state index contributed by atoms with van der Waals surface area (Å²) in [4.78, 5) is 0. The van der Waals surface area contributed by atoms with Crippen LogP contribution in [0.5, 0.6) is 0 Å². The Hall–Kier alpha value is -7.80. The molecule has 2 aliphatic rings. The van der Waals surface area contributed by atoms with E-state index in [0.29, 0.717) is 0 Å². The van der Waals surface area contributed by atoms with Crippen molar-refractivity contribution >= 4 is 75.4 Å². The van der Waals surface area contributed by atoms with Crippen molar-refractivity contribution in [3.05, 3.63) is 228 Å². The highest BCUT2D eigenvalue weighted by atomic mass is 14.5. The van der Waals surface area contributed by atoms with Crippen LogP contribution in [-0.4, -0.2) is 0 Å². The van der Waals surface area contributed by atoms with E-state index in [1.807, 2.05) is 0 Å². The molecule has 0 nitrogen and oxygen atoms in total. The van der Waals surface area contributed by atoms with Gasteiger partial charge in [0, 0.05) is 0 Å². The topological polar surface area (TPSA) is 0 Å². The van der Waals surface area contributed by atoms with Gasteiger partial charge in [0.1, 0.15) is 0 Å². The van der Waals surface area contributed by atoms with Gasteiger partial charge in [-0.3, -0.25) is 0 Å². The summed E-state index contributed by atoms with van der Waals surface area (Å²) >= 11 is 0. The monoisotopic (exact) mass is 878 g/mol. The summed E-state index contributed by atoms with van der Waals surface area (Å²) in [6.07, 6.45) is 0. The van der Waals surface area contributed by atoms with Crippen LogP contribution in [0.4, 0.5) is 0 Å². The van der Waals surface area contributed by atoms with Crippen molar-refractivity contribution < 1.29 is 0 Å². The zero-order valence-corrected chi connectivity index (χ0v) is 40.0. The Balaban J connectivity index is 0.965. The van der Waals surface area contributed by atoms with E-state index in [0.717, 1.165) is 0 Å². The summed E-state index contributed by atoms with van der Waals surface area (Å²) in [5.41, 5.74) is 18.2. The number of hydrogen-bond donors (Lipinski definition) is 0. The largest absolute Gasteiger partial charge is 0.0731 e. The Morgan fingerprint density at radius 1 is 0.275 bits per heavy atom. The summed E-state index contributed by atoms with van der Waals surface area (Å²) in [6, 6.07) is 75.5. The van der Waals surface area contributed by atoms with Gasteiger partial charge in [-0.15, -0.1) is 0 Å². The fourth-order valence-electron chi connectivity index (χ4n) is 13.7. The Kier molecular flexibility index (Phi) is 7.53. The van der Waals surface area contributed by atoms with Crippen LogP contribution >= 0.6 is 0 Å². The van der Waals surface area contributed by atoms with Crippen LogP contribution in [0.15, 0.2) is 194 Å². The average molecular weight is 879 g/mol. The molecule has 13 aromatic rings. The summed E-state index contributed by atoms with van der Waals surface area (Å²) in [5, 5.41) is 18.6. The maximum atomic E-state index is 2.57. The zero-order chi connectivity index (χ0) is 46.3. The Labute approximate surface area is 403 Å². The van der Waals surface area contributed by atoms with E-state index >= 15 is 0 Å². The Morgan fingerprint density at radius 3 is 1.42 bits per heavy atom. The van der Waals surface area contributed by atoms with Crippen LogP contribution in [0.3, 0.4) is 0 Å². The van der Waals surface area contributed by atoms with E-state index in [1.165, 1.54) is 153 Å². The summed E-state index contributed by atoms with van der Waals surface area (Å²) in [6.45, 7) is 14.0. The highest BCUT2D eigenvalue weighted by molar-refractivity contribution is 6.28. The smallest absolute Gasteiger partial charge is 0.0619 e. The first-order valence-corrected chi connectivity index (χ1v) is 24.8. The SMILES string of the molecule is CC(C)(C)c1ccc2ccc3c(-c4ccc5c6c(ccc5c4)-c4ccc(-c5ccc7cc(C(C)(C)C)c8cccc9ccc5c7c98)cc4C64c5ccccc5-c5ccccc54)ccc4ccc1c2c43. The molecule has 0 amide bonds. The van der Waals surface area contributed by atoms with Crippen LogP contribution in [0.25, 0.3) is 120 Å². The predicted octanol–water partition coefficient (Wildman–Crippen LogP) is 18.9. The normalized spacial score (nSPS) is 14.1. The minimum Gasteiger partial charge on any atom is -0.0619 e. The van der Waals surface area contributed by atoms with Gasteiger partial charge in [-0.05, 0) is 182 Å². The number of hydrogen-bond acceptors (Lipinski definition) is 0. The van der Waals surface area contributed by atoms with Crippen molar-refractivity contribution in [1.82, 2.24) is 0 Å². The molecule has 0 aromatic heterocycles. The maximum absolute atomic E-state index is 2.57. The minimum atomic E-state index is -0.502. The first-order chi connectivity index (χ1) is 33.5. The third kappa shape index (κ3) is 5.04. The molecular formula is C69H50. The molecular weight excluding hydrogens is 829 g/mol. The Bertz CT molecular complexity index is 4330. The van der Waals surface area contributed by atoms with Gasteiger partial charge in [0.05, 0.1) is 5.41 Å². The van der Waals surface area contributed by atoms with E-state index < -0.39 is 5.41 Å². The van der Waals surface area contributed by atoms with E-state index in [2.05, 4.69) is 236 Å². The molecule has 13 aromatic carbocycles. The van der Waals surface area contributed by atoms with Gasteiger partial charge in [-0.1, -0.05) is 217 Å². The molecule has 1 spiro atoms. The fraction of sp³-hybridized carbons (Fsp3) is 0.130. The van der Waals surface area contributed by atoms with E-state index in [4.69, 9.17) is 0 Å². The van der Waals surface area contributed by atoms with Crippen LogP contribution in [0.2, 0.25) is 0 Å². The molecule has 0 atom stereocenters. The number of rotatable bonds is 2. The van der Waals surface area contributed by atoms with Crippen molar-refractivity contribution in [2.75, 3.05) is 0 Å². The second-order valence-corrected chi connectivity index (χ2v) is 22.3. The molecule has 0 N–H and O–H groups in total. The maximum Gasteiger partial charge on any atom is 0.0731 e. The van der Waals surface area contributed by atoms with Gasteiger partial charge in [0.2, 0.25) is 0 Å². The molecule has 69 heavy (non-hydrogen) atoms. The Morgan fingerprint density at radius 2 is 0.739 bits per heavy atom. The van der Waals surface area contributed by atoms with Crippen LogP contribution < -0.4 is 0 Å². The van der Waals surface area contributed by atoms with Crippen LogP contribution in [0, 0.1) is 0 Å². The predicted molar refractivity (Wildman–Crippen MR) is 296 cm³/mol. The molecule has 0 saturated carbocycles. The molecule has 0 unspecified atom stereocenters. The fourth-order valence-corrected chi connectivity index (χ4v) is 13.7. The van der Waals surface area contributed by atoms with Gasteiger partial charge >= 0.3 is 0 Å². The molecule has 0 heterocycles. The highest BCUT2D eigenvalue weighted by Crippen LogP contribution is 2.65. The first kappa shape index (κ1) is 39.2.